The van der Waals surface area contributed by atoms with Crippen LogP contribution < -0.4 is 11.3 Å². The number of nitrogens with zero attached hydrogens (tertiary/aromatic N) is 2. The lowest BCUT2D eigenvalue weighted by Crippen LogP contribution is -2.29. The molecule has 1 heterocycles. The van der Waals surface area contributed by atoms with Crippen molar-refractivity contribution in [1.82, 2.24) is 15.2 Å². The number of benzene rings is 1. The van der Waals surface area contributed by atoms with Gasteiger partial charge in [-0.25, -0.2) is 0 Å². The fourth-order valence-electron chi connectivity index (χ4n) is 2.27. The zero-order valence-corrected chi connectivity index (χ0v) is 11.8. The predicted molar refractivity (Wildman–Crippen MR) is 77.7 cm³/mol. The molecule has 0 saturated heterocycles. The predicted octanol–water partition coefficient (Wildman–Crippen LogP) is 2.60. The number of aryl methyl sites for hydroxylation is 2. The first-order valence-corrected chi connectivity index (χ1v) is 6.77. The van der Waals surface area contributed by atoms with E-state index in [2.05, 4.69) is 34.8 Å². The highest BCUT2D eigenvalue weighted by molar-refractivity contribution is 6.31. The second kappa shape index (κ2) is 6.70. The summed E-state index contributed by atoms with van der Waals surface area (Å²) in [4.78, 5) is 0. The smallest absolute Gasteiger partial charge is 0.0834 e. The number of hydrogen-bond acceptors (Lipinski definition) is 3. The van der Waals surface area contributed by atoms with E-state index in [-0.39, 0.29) is 6.04 Å². The molecular weight excluding hydrogens is 260 g/mol. The lowest BCUT2D eigenvalue weighted by Gasteiger charge is -2.16. The van der Waals surface area contributed by atoms with Gasteiger partial charge in [0, 0.05) is 7.05 Å². The Morgan fingerprint density at radius 1 is 1.37 bits per heavy atom. The second-order valence-corrected chi connectivity index (χ2v) is 5.01. The fraction of sp³-hybridized carbons (Fsp3) is 0.357. The third-order valence-electron chi connectivity index (χ3n) is 3.27. The van der Waals surface area contributed by atoms with Crippen LogP contribution in [0, 0.1) is 0 Å². The molecule has 0 fully saturated rings. The molecule has 0 saturated carbocycles. The number of hydrogen-bond donors (Lipinski definition) is 2. The van der Waals surface area contributed by atoms with E-state index in [4.69, 9.17) is 17.4 Å². The molecular formula is C14H19ClN4. The zero-order chi connectivity index (χ0) is 13.7. The van der Waals surface area contributed by atoms with E-state index in [1.54, 1.807) is 10.9 Å². The van der Waals surface area contributed by atoms with Gasteiger partial charge in [-0.2, -0.15) is 5.10 Å². The molecule has 0 radical (unpaired) electrons. The Kier molecular flexibility index (Phi) is 4.96. The van der Waals surface area contributed by atoms with Gasteiger partial charge in [-0.05, 0) is 24.8 Å². The number of hydrazine groups is 1. The molecule has 0 amide bonds. The summed E-state index contributed by atoms with van der Waals surface area (Å²) in [6.07, 6.45) is 4.65. The molecule has 1 atom stereocenters. The molecule has 0 aliphatic heterocycles. The van der Waals surface area contributed by atoms with Crippen LogP contribution in [0.4, 0.5) is 0 Å². The quantitative estimate of drug-likeness (QED) is 0.631. The van der Waals surface area contributed by atoms with Crippen LogP contribution in [-0.2, 0) is 13.5 Å². The van der Waals surface area contributed by atoms with Crippen LogP contribution >= 0.6 is 11.6 Å². The first-order chi connectivity index (χ1) is 9.22. The van der Waals surface area contributed by atoms with Gasteiger partial charge in [0.25, 0.3) is 0 Å². The normalized spacial score (nSPS) is 12.6. The van der Waals surface area contributed by atoms with E-state index in [0.717, 1.165) is 25.0 Å². The van der Waals surface area contributed by atoms with Crippen molar-refractivity contribution in [2.24, 2.45) is 12.9 Å². The molecule has 2 rings (SSSR count). The van der Waals surface area contributed by atoms with Crippen LogP contribution in [0.2, 0.25) is 5.02 Å². The van der Waals surface area contributed by atoms with Crippen LogP contribution in [0.3, 0.4) is 0 Å². The number of rotatable bonds is 6. The Balaban J connectivity index is 1.94. The van der Waals surface area contributed by atoms with Gasteiger partial charge in [0.15, 0.2) is 0 Å². The monoisotopic (exact) mass is 278 g/mol. The summed E-state index contributed by atoms with van der Waals surface area (Å²) in [5, 5.41) is 4.80. The molecule has 0 aliphatic rings. The van der Waals surface area contributed by atoms with Crippen molar-refractivity contribution in [3.63, 3.8) is 0 Å². The van der Waals surface area contributed by atoms with Crippen molar-refractivity contribution in [3.05, 3.63) is 52.8 Å². The van der Waals surface area contributed by atoms with Gasteiger partial charge in [-0.3, -0.25) is 16.0 Å². The molecule has 0 bridgehead atoms. The van der Waals surface area contributed by atoms with Crippen molar-refractivity contribution >= 4 is 11.6 Å². The first-order valence-electron chi connectivity index (χ1n) is 6.40. The summed E-state index contributed by atoms with van der Waals surface area (Å²) in [6, 6.07) is 10.5. The minimum Gasteiger partial charge on any atom is -0.271 e. The largest absolute Gasteiger partial charge is 0.271 e. The molecule has 0 aliphatic carbocycles. The Morgan fingerprint density at radius 2 is 2.11 bits per heavy atom. The molecule has 1 aromatic heterocycles. The molecule has 2 aromatic rings. The van der Waals surface area contributed by atoms with Gasteiger partial charge in [0.1, 0.15) is 0 Å². The van der Waals surface area contributed by atoms with Gasteiger partial charge >= 0.3 is 0 Å². The zero-order valence-electron chi connectivity index (χ0n) is 11.0. The highest BCUT2D eigenvalue weighted by Crippen LogP contribution is 2.25. The van der Waals surface area contributed by atoms with Gasteiger partial charge in [-0.1, -0.05) is 41.9 Å². The SMILES string of the molecule is Cn1ncc(Cl)c1C(CCCc1ccccc1)NN. The van der Waals surface area contributed by atoms with Crippen LogP contribution in [0.1, 0.15) is 30.1 Å². The minimum atomic E-state index is 0.0312. The molecule has 1 aromatic carbocycles. The maximum absolute atomic E-state index is 6.14. The van der Waals surface area contributed by atoms with Crippen molar-refractivity contribution < 1.29 is 0 Å². The van der Waals surface area contributed by atoms with Crippen LogP contribution in [0.25, 0.3) is 0 Å². The molecule has 102 valence electrons. The standard InChI is InChI=1S/C14H19ClN4/c1-19-14(12(15)10-17-19)13(18-16)9-5-8-11-6-3-2-4-7-11/h2-4,6-7,10,13,18H,5,8-9,16H2,1H3. The number of nitrogens with one attached hydrogen (secondary N) is 1. The topological polar surface area (TPSA) is 55.9 Å². The third-order valence-corrected chi connectivity index (χ3v) is 3.56. The fourth-order valence-corrected chi connectivity index (χ4v) is 2.56. The molecule has 3 N–H and O–H groups in total. The maximum Gasteiger partial charge on any atom is 0.0834 e. The number of aromatic nitrogens is 2. The Hall–Kier alpha value is -1.36. The second-order valence-electron chi connectivity index (χ2n) is 4.60. The summed E-state index contributed by atoms with van der Waals surface area (Å²) in [5.41, 5.74) is 5.11. The minimum absolute atomic E-state index is 0.0312. The van der Waals surface area contributed by atoms with E-state index in [1.807, 2.05) is 13.1 Å². The number of nitrogens with two attached hydrogens (primary N) is 1. The van der Waals surface area contributed by atoms with Gasteiger partial charge < -0.3 is 0 Å². The molecule has 4 nitrogen and oxygen atoms in total. The van der Waals surface area contributed by atoms with Crippen LogP contribution in [-0.4, -0.2) is 9.78 Å². The van der Waals surface area contributed by atoms with Crippen molar-refractivity contribution in [2.75, 3.05) is 0 Å². The summed E-state index contributed by atoms with van der Waals surface area (Å²) in [6.45, 7) is 0. The van der Waals surface area contributed by atoms with Crippen LogP contribution in [0.5, 0.6) is 0 Å². The molecule has 5 heteroatoms. The highest BCUT2D eigenvalue weighted by Gasteiger charge is 2.17. The Morgan fingerprint density at radius 3 is 2.68 bits per heavy atom. The average molecular weight is 279 g/mol. The Bertz CT molecular complexity index is 490. The van der Waals surface area contributed by atoms with Gasteiger partial charge in [0.2, 0.25) is 0 Å². The van der Waals surface area contributed by atoms with Crippen LogP contribution in [0.15, 0.2) is 36.5 Å². The van der Waals surface area contributed by atoms with E-state index >= 15 is 0 Å². The van der Waals surface area contributed by atoms with E-state index in [1.165, 1.54) is 5.56 Å². The summed E-state index contributed by atoms with van der Waals surface area (Å²) in [7, 11) is 1.88. The number of halogens is 1. The van der Waals surface area contributed by atoms with Crippen molar-refractivity contribution in [1.29, 1.82) is 0 Å². The van der Waals surface area contributed by atoms with E-state index in [9.17, 15) is 0 Å². The average Bonchev–Trinajstić information content (AvgIpc) is 2.76. The van der Waals surface area contributed by atoms with Gasteiger partial charge in [-0.15, -0.1) is 0 Å². The first kappa shape index (κ1) is 14.1. The Labute approximate surface area is 118 Å². The maximum atomic E-state index is 6.14. The molecule has 19 heavy (non-hydrogen) atoms. The third kappa shape index (κ3) is 3.56. The summed E-state index contributed by atoms with van der Waals surface area (Å²) in [5.74, 6) is 5.63. The molecule has 1 unspecified atom stereocenters. The molecule has 0 spiro atoms. The lowest BCUT2D eigenvalue weighted by atomic mass is 10.0. The summed E-state index contributed by atoms with van der Waals surface area (Å²) >= 11 is 6.14. The van der Waals surface area contributed by atoms with E-state index < -0.39 is 0 Å². The summed E-state index contributed by atoms with van der Waals surface area (Å²) < 4.78 is 1.77. The van der Waals surface area contributed by atoms with Crippen molar-refractivity contribution in [2.45, 2.75) is 25.3 Å². The van der Waals surface area contributed by atoms with E-state index in [0.29, 0.717) is 5.02 Å². The van der Waals surface area contributed by atoms with Gasteiger partial charge in [0.05, 0.1) is 23.0 Å². The van der Waals surface area contributed by atoms with Crippen molar-refractivity contribution in [3.8, 4) is 0 Å². The lowest BCUT2D eigenvalue weighted by molar-refractivity contribution is 0.467. The highest BCUT2D eigenvalue weighted by atomic mass is 35.5.